The normalized spacial score (nSPS) is 11.0. The Labute approximate surface area is 114 Å². The molecule has 0 fully saturated rings. The summed E-state index contributed by atoms with van der Waals surface area (Å²) in [6, 6.07) is 5.36. The van der Waals surface area contributed by atoms with Crippen molar-refractivity contribution in [2.45, 2.75) is 0 Å². The summed E-state index contributed by atoms with van der Waals surface area (Å²) in [5.41, 5.74) is -1.54. The first-order valence-corrected chi connectivity index (χ1v) is 5.78. The van der Waals surface area contributed by atoms with Crippen molar-refractivity contribution in [1.29, 1.82) is 0 Å². The number of hydrogen-bond donors (Lipinski definition) is 0. The van der Waals surface area contributed by atoms with Crippen LogP contribution in [0.15, 0.2) is 50.4 Å². The molecule has 3 aromatic rings. The van der Waals surface area contributed by atoms with Gasteiger partial charge in [-0.05, 0) is 30.3 Å². The molecule has 0 aliphatic rings. The summed E-state index contributed by atoms with van der Waals surface area (Å²) in [5, 5.41) is -0.224. The highest BCUT2D eigenvalue weighted by Gasteiger charge is 2.15. The van der Waals surface area contributed by atoms with Gasteiger partial charge < -0.3 is 4.42 Å². The third-order valence-corrected chi connectivity index (χ3v) is 2.91. The van der Waals surface area contributed by atoms with E-state index in [4.69, 9.17) is 4.42 Å². The van der Waals surface area contributed by atoms with Crippen LogP contribution in [0.25, 0.3) is 16.7 Å². The van der Waals surface area contributed by atoms with Gasteiger partial charge in [0.1, 0.15) is 23.0 Å². The zero-order valence-corrected chi connectivity index (χ0v) is 10.3. The Morgan fingerprint density at radius 2 is 1.57 bits per heavy atom. The van der Waals surface area contributed by atoms with Crippen molar-refractivity contribution in [3.63, 3.8) is 0 Å². The number of aromatic nitrogens is 1. The molecule has 2 aromatic carbocycles. The molecule has 0 aliphatic carbocycles. The van der Waals surface area contributed by atoms with E-state index in [0.717, 1.165) is 30.3 Å². The summed E-state index contributed by atoms with van der Waals surface area (Å²) in [7, 11) is 0. The van der Waals surface area contributed by atoms with Gasteiger partial charge in [-0.3, -0.25) is 4.79 Å². The van der Waals surface area contributed by atoms with Crippen LogP contribution in [0.1, 0.15) is 0 Å². The molecule has 106 valence electrons. The predicted molar refractivity (Wildman–Crippen MR) is 68.0 cm³/mol. The molecular weight excluding hydrogens is 287 g/mol. The van der Waals surface area contributed by atoms with Crippen LogP contribution in [-0.2, 0) is 0 Å². The molecule has 4 nitrogen and oxygen atoms in total. The van der Waals surface area contributed by atoms with E-state index in [1.807, 2.05) is 0 Å². The summed E-state index contributed by atoms with van der Waals surface area (Å²) in [6.45, 7) is 0. The summed E-state index contributed by atoms with van der Waals surface area (Å²) >= 11 is 0. The van der Waals surface area contributed by atoms with E-state index in [2.05, 4.69) is 0 Å². The minimum atomic E-state index is -1.15. The van der Waals surface area contributed by atoms with Crippen LogP contribution < -0.4 is 11.3 Å². The third kappa shape index (κ3) is 2.12. The van der Waals surface area contributed by atoms with E-state index in [0.29, 0.717) is 10.6 Å². The molecule has 0 spiro atoms. The maximum absolute atomic E-state index is 13.7. The third-order valence-electron chi connectivity index (χ3n) is 2.91. The lowest BCUT2D eigenvalue weighted by molar-refractivity contribution is 0.493. The molecule has 1 aromatic heterocycles. The molecule has 7 heteroatoms. The van der Waals surface area contributed by atoms with Gasteiger partial charge in [-0.2, -0.15) is 0 Å². The number of hydrogen-bond acceptors (Lipinski definition) is 3. The van der Waals surface area contributed by atoms with Crippen molar-refractivity contribution >= 4 is 11.0 Å². The Bertz CT molecular complexity index is 975. The fraction of sp³-hybridized carbons (Fsp3) is 0. The number of rotatable bonds is 1. The first-order valence-electron chi connectivity index (χ1n) is 5.78. The molecule has 1 heterocycles. The van der Waals surface area contributed by atoms with E-state index >= 15 is 0 Å². The Morgan fingerprint density at radius 1 is 0.905 bits per heavy atom. The average Bonchev–Trinajstić information content (AvgIpc) is 2.42. The average molecular weight is 293 g/mol. The number of benzene rings is 2. The number of halogens is 3. The van der Waals surface area contributed by atoms with Gasteiger partial charge in [0.25, 0.3) is 5.56 Å². The summed E-state index contributed by atoms with van der Waals surface area (Å²) in [6.07, 6.45) is 0. The fourth-order valence-electron chi connectivity index (χ4n) is 1.97. The summed E-state index contributed by atoms with van der Waals surface area (Å²) in [5.74, 6) is -3.83. The number of nitrogens with zero attached hydrogens (tertiary/aromatic N) is 1. The van der Waals surface area contributed by atoms with Crippen LogP contribution in [0.4, 0.5) is 13.2 Å². The molecule has 0 saturated heterocycles. The van der Waals surface area contributed by atoms with Crippen LogP contribution in [0.2, 0.25) is 0 Å². The highest BCUT2D eigenvalue weighted by Crippen LogP contribution is 2.14. The van der Waals surface area contributed by atoms with E-state index in [1.54, 1.807) is 0 Å². The Hall–Kier alpha value is -2.83. The predicted octanol–water partition coefficient (Wildman–Crippen LogP) is 2.36. The second kappa shape index (κ2) is 4.62. The summed E-state index contributed by atoms with van der Waals surface area (Å²) in [4.78, 5) is 24.0. The second-order valence-electron chi connectivity index (χ2n) is 4.24. The van der Waals surface area contributed by atoms with Gasteiger partial charge in [-0.15, -0.1) is 0 Å². The molecule has 0 saturated carbocycles. The lowest BCUT2D eigenvalue weighted by Gasteiger charge is -2.06. The topological polar surface area (TPSA) is 52.2 Å². The smallest absolute Gasteiger partial charge is 0.409 e. The van der Waals surface area contributed by atoms with Gasteiger partial charge in [0, 0.05) is 6.07 Å². The maximum atomic E-state index is 13.7. The SMILES string of the molecule is O=c1oc2ccc(F)cc2c(=O)n1-c1ccc(F)cc1F. The molecule has 0 aliphatic heterocycles. The van der Waals surface area contributed by atoms with Crippen LogP contribution in [0.3, 0.4) is 0 Å². The van der Waals surface area contributed by atoms with Gasteiger partial charge in [0.05, 0.1) is 11.1 Å². The highest BCUT2D eigenvalue weighted by atomic mass is 19.1. The monoisotopic (exact) mass is 293 g/mol. The minimum absolute atomic E-state index is 0.120. The van der Waals surface area contributed by atoms with E-state index in [1.165, 1.54) is 0 Å². The lowest BCUT2D eigenvalue weighted by atomic mass is 10.2. The summed E-state index contributed by atoms with van der Waals surface area (Å²) < 4.78 is 45.0. The van der Waals surface area contributed by atoms with Crippen LogP contribution >= 0.6 is 0 Å². The second-order valence-corrected chi connectivity index (χ2v) is 4.24. The van der Waals surface area contributed by atoms with Crippen LogP contribution in [0.5, 0.6) is 0 Å². The molecule has 0 radical (unpaired) electrons. The van der Waals surface area contributed by atoms with E-state index in [-0.39, 0.29) is 11.0 Å². The van der Waals surface area contributed by atoms with Crippen molar-refractivity contribution in [2.75, 3.05) is 0 Å². The van der Waals surface area contributed by atoms with Crippen molar-refractivity contribution < 1.29 is 17.6 Å². The highest BCUT2D eigenvalue weighted by molar-refractivity contribution is 5.75. The van der Waals surface area contributed by atoms with Gasteiger partial charge in [-0.25, -0.2) is 22.5 Å². The number of fused-ring (bicyclic) bond motifs is 1. The largest absolute Gasteiger partial charge is 0.427 e. The van der Waals surface area contributed by atoms with E-state index in [9.17, 15) is 22.8 Å². The van der Waals surface area contributed by atoms with Crippen molar-refractivity contribution in [3.8, 4) is 5.69 Å². The lowest BCUT2D eigenvalue weighted by Crippen LogP contribution is -2.31. The van der Waals surface area contributed by atoms with Gasteiger partial charge in [0.2, 0.25) is 0 Å². The molecule has 0 atom stereocenters. The zero-order chi connectivity index (χ0) is 15.1. The Kier molecular flexibility index (Phi) is 2.90. The van der Waals surface area contributed by atoms with E-state index < -0.39 is 34.5 Å². The van der Waals surface area contributed by atoms with Gasteiger partial charge in [-0.1, -0.05) is 0 Å². The fourth-order valence-corrected chi connectivity index (χ4v) is 1.97. The Morgan fingerprint density at radius 3 is 2.29 bits per heavy atom. The van der Waals surface area contributed by atoms with Crippen molar-refractivity contribution in [1.82, 2.24) is 4.57 Å². The quantitative estimate of drug-likeness (QED) is 0.692. The molecule has 3 rings (SSSR count). The van der Waals surface area contributed by atoms with Crippen molar-refractivity contribution in [3.05, 3.63) is 74.8 Å². The zero-order valence-electron chi connectivity index (χ0n) is 10.3. The molecular formula is C14H6F3NO3. The Balaban J connectivity index is 2.43. The standard InChI is InChI=1S/C14H6F3NO3/c15-7-2-4-12-9(5-7)13(19)18(14(20)21-12)11-3-1-8(16)6-10(11)17/h1-6H. The van der Waals surface area contributed by atoms with Gasteiger partial charge in [0.15, 0.2) is 0 Å². The van der Waals surface area contributed by atoms with Crippen LogP contribution in [-0.4, -0.2) is 4.57 Å². The van der Waals surface area contributed by atoms with Crippen LogP contribution in [0, 0.1) is 17.5 Å². The first-order chi connectivity index (χ1) is 9.97. The molecule has 0 unspecified atom stereocenters. The molecule has 21 heavy (non-hydrogen) atoms. The van der Waals surface area contributed by atoms with Crippen molar-refractivity contribution in [2.24, 2.45) is 0 Å². The van der Waals surface area contributed by atoms with Gasteiger partial charge >= 0.3 is 5.76 Å². The maximum Gasteiger partial charge on any atom is 0.427 e. The minimum Gasteiger partial charge on any atom is -0.409 e. The molecule has 0 N–H and O–H groups in total. The first kappa shape index (κ1) is 13.2. The molecule has 0 bridgehead atoms. The molecule has 0 amide bonds.